The van der Waals surface area contributed by atoms with Gasteiger partial charge in [0.25, 0.3) is 0 Å². The van der Waals surface area contributed by atoms with Crippen LogP contribution >= 0.6 is 0 Å². The molecule has 146 valence electrons. The quantitative estimate of drug-likeness (QED) is 0.507. The molecule has 0 bridgehead atoms. The maximum atomic E-state index is 6.15. The monoisotopic (exact) mass is 367 g/mol. The van der Waals surface area contributed by atoms with E-state index in [0.717, 1.165) is 53.4 Å². The second-order valence-corrected chi connectivity index (χ2v) is 8.54. The summed E-state index contributed by atoms with van der Waals surface area (Å²) in [4.78, 5) is 4.57. The summed E-state index contributed by atoms with van der Waals surface area (Å²) in [6.45, 7) is 9.87. The van der Waals surface area contributed by atoms with Gasteiger partial charge < -0.3 is 15.5 Å². The summed E-state index contributed by atoms with van der Waals surface area (Å²) in [5.74, 6) is 1.55. The van der Waals surface area contributed by atoms with Crippen LogP contribution in [0.15, 0.2) is 28.7 Å². The first-order valence-electron chi connectivity index (χ1n) is 10.2. The van der Waals surface area contributed by atoms with Crippen LogP contribution in [0.25, 0.3) is 21.9 Å². The van der Waals surface area contributed by atoms with Crippen LogP contribution in [0.4, 0.5) is 5.82 Å². The van der Waals surface area contributed by atoms with Crippen LogP contribution in [0.1, 0.15) is 64.7 Å². The van der Waals surface area contributed by atoms with Gasteiger partial charge in [-0.2, -0.15) is 0 Å². The number of furan rings is 1. The van der Waals surface area contributed by atoms with Crippen LogP contribution < -0.4 is 11.1 Å². The third-order valence-electron chi connectivity index (χ3n) is 4.90. The predicted molar refractivity (Wildman–Crippen MR) is 115 cm³/mol. The van der Waals surface area contributed by atoms with Crippen molar-refractivity contribution < 1.29 is 4.42 Å². The van der Waals surface area contributed by atoms with Gasteiger partial charge in [-0.3, -0.25) is 0 Å². The van der Waals surface area contributed by atoms with Crippen LogP contribution in [0.5, 0.6) is 0 Å². The molecule has 0 saturated carbocycles. The van der Waals surface area contributed by atoms with E-state index in [4.69, 9.17) is 10.2 Å². The largest absolute Gasteiger partial charge is 0.460 e. The van der Waals surface area contributed by atoms with Gasteiger partial charge in [0, 0.05) is 17.3 Å². The van der Waals surface area contributed by atoms with E-state index in [9.17, 15) is 0 Å². The molecular weight excluding hydrogens is 334 g/mol. The summed E-state index contributed by atoms with van der Waals surface area (Å²) >= 11 is 0. The van der Waals surface area contributed by atoms with Crippen LogP contribution in [0.3, 0.4) is 0 Å². The number of nitrogen functional groups attached to an aromatic ring is 1. The summed E-state index contributed by atoms with van der Waals surface area (Å²) in [6.07, 6.45) is 6.71. The van der Waals surface area contributed by atoms with Crippen molar-refractivity contribution in [1.29, 1.82) is 0 Å². The minimum absolute atomic E-state index is 0.207. The lowest BCUT2D eigenvalue weighted by Gasteiger charge is -2.20. The molecule has 3 N–H and O–H groups in total. The smallest absolute Gasteiger partial charge is 0.147 e. The Morgan fingerprint density at radius 3 is 2.59 bits per heavy atom. The molecule has 2 heterocycles. The molecule has 0 atom stereocenters. The minimum atomic E-state index is 0.207. The zero-order valence-electron chi connectivity index (χ0n) is 17.2. The zero-order valence-corrected chi connectivity index (χ0v) is 17.2. The number of nitrogens with one attached hydrogen (secondary N) is 1. The van der Waals surface area contributed by atoms with Crippen molar-refractivity contribution in [3.63, 3.8) is 0 Å². The summed E-state index contributed by atoms with van der Waals surface area (Å²) in [7, 11) is 0. The molecule has 4 nitrogen and oxygen atoms in total. The van der Waals surface area contributed by atoms with Gasteiger partial charge in [-0.25, -0.2) is 4.98 Å². The first-order chi connectivity index (χ1) is 12.9. The Kier molecular flexibility index (Phi) is 6.05. The standard InChI is InChI=1S/C23H33N3O/c1-5-9-17-15-19-21(27-17)18-14-16(11-12-20(18)26-22(19)24)10-7-6-8-13-25-23(2,3)4/h11-12,14-15,25H,5-10,13H2,1-4H3,(H2,24,26). The lowest BCUT2D eigenvalue weighted by atomic mass is 10.0. The highest BCUT2D eigenvalue weighted by molar-refractivity contribution is 6.07. The number of fused-ring (bicyclic) bond motifs is 3. The fourth-order valence-corrected chi connectivity index (χ4v) is 3.50. The Balaban J connectivity index is 1.70. The highest BCUT2D eigenvalue weighted by atomic mass is 16.3. The first-order valence-corrected chi connectivity index (χ1v) is 10.2. The van der Waals surface area contributed by atoms with Crippen molar-refractivity contribution in [3.05, 3.63) is 35.6 Å². The van der Waals surface area contributed by atoms with E-state index in [1.54, 1.807) is 0 Å². The Bertz CT molecular complexity index is 905. The number of pyridine rings is 1. The van der Waals surface area contributed by atoms with Gasteiger partial charge in [-0.05, 0) is 76.8 Å². The minimum Gasteiger partial charge on any atom is -0.460 e. The number of aryl methyl sites for hydroxylation is 2. The maximum Gasteiger partial charge on any atom is 0.147 e. The topological polar surface area (TPSA) is 64.1 Å². The summed E-state index contributed by atoms with van der Waals surface area (Å²) in [5.41, 5.74) is 9.50. The van der Waals surface area contributed by atoms with Gasteiger partial charge >= 0.3 is 0 Å². The average molecular weight is 368 g/mol. The molecule has 0 aliphatic rings. The van der Waals surface area contributed by atoms with Crippen molar-refractivity contribution in [1.82, 2.24) is 10.3 Å². The molecule has 0 amide bonds. The van der Waals surface area contributed by atoms with Gasteiger partial charge in [-0.15, -0.1) is 0 Å². The Labute approximate surface area is 162 Å². The summed E-state index contributed by atoms with van der Waals surface area (Å²) in [6, 6.07) is 8.53. The van der Waals surface area contributed by atoms with Gasteiger partial charge in [0.1, 0.15) is 17.2 Å². The average Bonchev–Trinajstić information content (AvgIpc) is 3.03. The Morgan fingerprint density at radius 2 is 1.85 bits per heavy atom. The number of aromatic nitrogens is 1. The lowest BCUT2D eigenvalue weighted by molar-refractivity contribution is 0.417. The van der Waals surface area contributed by atoms with E-state index >= 15 is 0 Å². The van der Waals surface area contributed by atoms with Crippen molar-refractivity contribution in [3.8, 4) is 0 Å². The fraction of sp³-hybridized carbons (Fsp3) is 0.522. The third kappa shape index (κ3) is 5.01. The number of unbranched alkanes of at least 4 members (excludes halogenated alkanes) is 2. The molecule has 3 aromatic rings. The zero-order chi connectivity index (χ0) is 19.4. The SMILES string of the molecule is CCCc1cc2c(N)nc3ccc(CCCCCNC(C)(C)C)cc3c2o1. The molecule has 0 aliphatic heterocycles. The molecule has 0 aliphatic carbocycles. The van der Waals surface area contributed by atoms with Gasteiger partial charge in [0.2, 0.25) is 0 Å². The van der Waals surface area contributed by atoms with E-state index in [1.807, 2.05) is 0 Å². The van der Waals surface area contributed by atoms with E-state index < -0.39 is 0 Å². The molecule has 0 radical (unpaired) electrons. The third-order valence-corrected chi connectivity index (χ3v) is 4.90. The molecular formula is C23H33N3O. The van der Waals surface area contributed by atoms with Crippen LogP contribution in [0.2, 0.25) is 0 Å². The predicted octanol–water partition coefficient (Wildman–Crippen LogP) is 5.62. The van der Waals surface area contributed by atoms with E-state index in [-0.39, 0.29) is 5.54 Å². The second kappa shape index (κ2) is 8.30. The van der Waals surface area contributed by atoms with Gasteiger partial charge in [0.05, 0.1) is 10.9 Å². The van der Waals surface area contributed by atoms with Crippen molar-refractivity contribution in [2.24, 2.45) is 0 Å². The van der Waals surface area contributed by atoms with Crippen molar-refractivity contribution in [2.45, 2.75) is 71.8 Å². The first kappa shape index (κ1) is 19.7. The van der Waals surface area contributed by atoms with Crippen LogP contribution in [0, 0.1) is 0 Å². The number of nitrogens with zero attached hydrogens (tertiary/aromatic N) is 1. The number of hydrogen-bond donors (Lipinski definition) is 2. The molecule has 4 heteroatoms. The Hall–Kier alpha value is -2.07. The molecule has 1 aromatic carbocycles. The van der Waals surface area contributed by atoms with Crippen LogP contribution in [-0.2, 0) is 12.8 Å². The number of anilines is 1. The molecule has 0 saturated heterocycles. The number of nitrogens with two attached hydrogens (primary N) is 1. The van der Waals surface area contributed by atoms with E-state index in [2.05, 4.69) is 62.3 Å². The van der Waals surface area contributed by atoms with E-state index in [0.29, 0.717) is 5.82 Å². The van der Waals surface area contributed by atoms with Crippen LogP contribution in [-0.4, -0.2) is 17.1 Å². The number of rotatable bonds is 8. The van der Waals surface area contributed by atoms with Crippen molar-refractivity contribution >= 4 is 27.7 Å². The van der Waals surface area contributed by atoms with E-state index in [1.165, 1.54) is 24.8 Å². The highest BCUT2D eigenvalue weighted by Crippen LogP contribution is 2.32. The maximum absolute atomic E-state index is 6.15. The molecule has 27 heavy (non-hydrogen) atoms. The normalized spacial score (nSPS) is 12.3. The Morgan fingerprint density at radius 1 is 1.04 bits per heavy atom. The highest BCUT2D eigenvalue weighted by Gasteiger charge is 2.13. The second-order valence-electron chi connectivity index (χ2n) is 8.54. The van der Waals surface area contributed by atoms with Gasteiger partial charge in [0.15, 0.2) is 0 Å². The molecule has 2 aromatic heterocycles. The molecule has 0 fully saturated rings. The van der Waals surface area contributed by atoms with Crippen molar-refractivity contribution in [2.75, 3.05) is 12.3 Å². The molecule has 3 rings (SSSR count). The summed E-state index contributed by atoms with van der Waals surface area (Å²) < 4.78 is 6.12. The molecule has 0 spiro atoms. The van der Waals surface area contributed by atoms with Gasteiger partial charge in [-0.1, -0.05) is 19.4 Å². The molecule has 0 unspecified atom stereocenters. The fourth-order valence-electron chi connectivity index (χ4n) is 3.50. The summed E-state index contributed by atoms with van der Waals surface area (Å²) in [5, 5.41) is 5.57. The number of hydrogen-bond acceptors (Lipinski definition) is 4. The number of benzene rings is 1. The lowest BCUT2D eigenvalue weighted by Crippen LogP contribution is -2.36.